The second kappa shape index (κ2) is 7.43. The van der Waals surface area contributed by atoms with E-state index in [2.05, 4.69) is 9.97 Å². The van der Waals surface area contributed by atoms with Gasteiger partial charge in [-0.3, -0.25) is 9.59 Å². The predicted molar refractivity (Wildman–Crippen MR) is 107 cm³/mol. The fourth-order valence-corrected chi connectivity index (χ4v) is 5.41. The van der Waals surface area contributed by atoms with E-state index >= 15 is 0 Å². The summed E-state index contributed by atoms with van der Waals surface area (Å²) in [5.41, 5.74) is 0.566. The van der Waals surface area contributed by atoms with Crippen LogP contribution < -0.4 is 9.21 Å². The van der Waals surface area contributed by atoms with Crippen LogP contribution in [-0.4, -0.2) is 67.0 Å². The van der Waals surface area contributed by atoms with Crippen LogP contribution in [0.15, 0.2) is 42.7 Å². The molecule has 10 heteroatoms. The number of benzene rings is 1. The third-order valence-electron chi connectivity index (χ3n) is 5.09. The number of rotatable bonds is 3. The summed E-state index contributed by atoms with van der Waals surface area (Å²) in [7, 11) is -3.71. The summed E-state index contributed by atoms with van der Waals surface area (Å²) >= 11 is 0. The second-order valence-corrected chi connectivity index (χ2v) is 9.02. The van der Waals surface area contributed by atoms with Crippen LogP contribution in [0.4, 0.5) is 11.6 Å². The lowest BCUT2D eigenvalue weighted by Crippen LogP contribution is -2.49. The van der Waals surface area contributed by atoms with E-state index in [0.717, 1.165) is 4.31 Å². The third-order valence-corrected chi connectivity index (χ3v) is 6.96. The molecule has 29 heavy (non-hydrogen) atoms. The Kier molecular flexibility index (Phi) is 4.95. The minimum Gasteiger partial charge on any atom is -0.337 e. The summed E-state index contributed by atoms with van der Waals surface area (Å²) in [4.78, 5) is 37.4. The number of aromatic nitrogens is 2. The smallest absolute Gasteiger partial charge is 0.254 e. The maximum atomic E-state index is 12.9. The number of piperazine rings is 1. The van der Waals surface area contributed by atoms with E-state index in [1.165, 1.54) is 12.1 Å². The van der Waals surface area contributed by atoms with E-state index in [0.29, 0.717) is 37.7 Å². The topological polar surface area (TPSA) is 104 Å². The first-order chi connectivity index (χ1) is 13.9. The summed E-state index contributed by atoms with van der Waals surface area (Å²) in [5.74, 6) is -0.835. The molecular formula is C19H21N5O4S. The van der Waals surface area contributed by atoms with Crippen LogP contribution in [-0.2, 0) is 14.8 Å². The molecule has 0 radical (unpaired) electrons. The van der Waals surface area contributed by atoms with Crippen molar-refractivity contribution in [3.8, 4) is 0 Å². The Morgan fingerprint density at radius 3 is 2.38 bits per heavy atom. The van der Waals surface area contributed by atoms with Crippen molar-refractivity contribution in [3.63, 3.8) is 0 Å². The highest BCUT2D eigenvalue weighted by molar-refractivity contribution is 7.94. The largest absolute Gasteiger partial charge is 0.337 e. The van der Waals surface area contributed by atoms with Gasteiger partial charge in [-0.1, -0.05) is 13.0 Å². The minimum atomic E-state index is -3.71. The van der Waals surface area contributed by atoms with Crippen LogP contribution >= 0.6 is 0 Å². The molecule has 2 aliphatic rings. The van der Waals surface area contributed by atoms with Crippen LogP contribution in [0.3, 0.4) is 0 Å². The number of nitrogens with zero attached hydrogens (tertiary/aromatic N) is 5. The van der Waals surface area contributed by atoms with Crippen LogP contribution in [0.1, 0.15) is 17.3 Å². The molecule has 2 aliphatic heterocycles. The maximum absolute atomic E-state index is 12.9. The summed E-state index contributed by atoms with van der Waals surface area (Å²) < 4.78 is 25.5. The normalized spacial score (nSPS) is 21.5. The Labute approximate surface area is 169 Å². The van der Waals surface area contributed by atoms with Gasteiger partial charge in [-0.15, -0.1) is 0 Å². The lowest BCUT2D eigenvalue weighted by atomic mass is 10.1. The fourth-order valence-electron chi connectivity index (χ4n) is 3.60. The summed E-state index contributed by atoms with van der Waals surface area (Å²) in [6, 6.07) is 8.00. The molecule has 0 bridgehead atoms. The number of hydrogen-bond acceptors (Lipinski definition) is 7. The van der Waals surface area contributed by atoms with Crippen molar-refractivity contribution >= 4 is 33.5 Å². The molecule has 1 aromatic carbocycles. The van der Waals surface area contributed by atoms with Crippen LogP contribution in [0.25, 0.3) is 0 Å². The van der Waals surface area contributed by atoms with Gasteiger partial charge in [0, 0.05) is 44.1 Å². The number of carbonyl (C=O) groups excluding carboxylic acids is 2. The van der Waals surface area contributed by atoms with Crippen LogP contribution in [0.2, 0.25) is 0 Å². The van der Waals surface area contributed by atoms with Gasteiger partial charge in [0.15, 0.2) is 0 Å². The molecule has 2 fully saturated rings. The Morgan fingerprint density at radius 1 is 1.07 bits per heavy atom. The average Bonchev–Trinajstić information content (AvgIpc) is 2.94. The molecule has 1 atom stereocenters. The van der Waals surface area contributed by atoms with Crippen molar-refractivity contribution in [3.05, 3.63) is 48.3 Å². The van der Waals surface area contributed by atoms with E-state index in [9.17, 15) is 18.0 Å². The molecule has 152 valence electrons. The molecule has 4 rings (SSSR count). The van der Waals surface area contributed by atoms with E-state index in [4.69, 9.17) is 0 Å². The quantitative estimate of drug-likeness (QED) is 0.729. The Bertz CT molecular complexity index is 1040. The molecule has 0 spiro atoms. The SMILES string of the molecule is C[C@H]1CS(=O)(=O)N(c2cccc(C(=O)N3CCN(c4ncccn4)CC3)c2)C1=O. The Hall–Kier alpha value is -3.01. The summed E-state index contributed by atoms with van der Waals surface area (Å²) in [6.45, 7) is 3.79. The molecule has 0 N–H and O–H groups in total. The minimum absolute atomic E-state index is 0.197. The van der Waals surface area contributed by atoms with E-state index < -0.39 is 21.8 Å². The van der Waals surface area contributed by atoms with Gasteiger partial charge in [0.1, 0.15) is 0 Å². The van der Waals surface area contributed by atoms with Crippen molar-refractivity contribution in [1.82, 2.24) is 14.9 Å². The first-order valence-corrected chi connectivity index (χ1v) is 11.0. The van der Waals surface area contributed by atoms with Gasteiger partial charge in [0.2, 0.25) is 21.9 Å². The Balaban J connectivity index is 1.49. The zero-order chi connectivity index (χ0) is 20.6. The number of carbonyl (C=O) groups is 2. The highest BCUT2D eigenvalue weighted by atomic mass is 32.2. The molecule has 0 unspecified atom stereocenters. The number of hydrogen-bond donors (Lipinski definition) is 0. The van der Waals surface area contributed by atoms with E-state index in [1.807, 2.05) is 4.90 Å². The van der Waals surface area contributed by atoms with E-state index in [1.54, 1.807) is 42.4 Å². The van der Waals surface area contributed by atoms with Gasteiger partial charge in [-0.05, 0) is 24.3 Å². The number of sulfonamides is 1. The molecule has 0 saturated carbocycles. The van der Waals surface area contributed by atoms with Gasteiger partial charge in [-0.2, -0.15) is 0 Å². The fraction of sp³-hybridized carbons (Fsp3) is 0.368. The molecule has 2 amide bonds. The van der Waals surface area contributed by atoms with Crippen molar-refractivity contribution < 1.29 is 18.0 Å². The molecule has 3 heterocycles. The van der Waals surface area contributed by atoms with Gasteiger partial charge in [0.25, 0.3) is 5.91 Å². The zero-order valence-corrected chi connectivity index (χ0v) is 16.7. The summed E-state index contributed by atoms with van der Waals surface area (Å²) in [5, 5.41) is 0. The zero-order valence-electron chi connectivity index (χ0n) is 15.9. The molecule has 2 aromatic rings. The van der Waals surface area contributed by atoms with Crippen LogP contribution in [0.5, 0.6) is 0 Å². The average molecular weight is 415 g/mol. The van der Waals surface area contributed by atoms with Crippen molar-refractivity contribution in [2.24, 2.45) is 5.92 Å². The first kappa shape index (κ1) is 19.3. The summed E-state index contributed by atoms with van der Waals surface area (Å²) in [6.07, 6.45) is 3.36. The monoisotopic (exact) mass is 415 g/mol. The maximum Gasteiger partial charge on any atom is 0.254 e. The first-order valence-electron chi connectivity index (χ1n) is 9.35. The van der Waals surface area contributed by atoms with Crippen molar-refractivity contribution in [2.75, 3.05) is 41.1 Å². The highest BCUT2D eigenvalue weighted by Crippen LogP contribution is 2.29. The van der Waals surface area contributed by atoms with Crippen molar-refractivity contribution in [1.29, 1.82) is 0 Å². The van der Waals surface area contributed by atoms with Gasteiger partial charge in [-0.25, -0.2) is 22.7 Å². The molecule has 9 nitrogen and oxygen atoms in total. The number of amides is 2. The molecule has 2 saturated heterocycles. The van der Waals surface area contributed by atoms with Gasteiger partial charge >= 0.3 is 0 Å². The third kappa shape index (κ3) is 3.67. The second-order valence-electron chi connectivity index (χ2n) is 7.16. The van der Waals surface area contributed by atoms with Crippen LogP contribution in [0, 0.1) is 5.92 Å². The lowest BCUT2D eigenvalue weighted by molar-refractivity contribution is -0.119. The standard InChI is InChI=1S/C19H21N5O4S/c1-14-13-29(27,28)24(17(14)25)16-5-2-4-15(12-16)18(26)22-8-10-23(11-9-22)19-20-6-3-7-21-19/h2-7,12,14H,8-11,13H2,1H3/t14-/m0/s1. The molecule has 0 aliphatic carbocycles. The predicted octanol–water partition coefficient (Wildman–Crippen LogP) is 0.751. The van der Waals surface area contributed by atoms with E-state index in [-0.39, 0.29) is 17.3 Å². The lowest BCUT2D eigenvalue weighted by Gasteiger charge is -2.34. The highest BCUT2D eigenvalue weighted by Gasteiger charge is 2.42. The molecular weight excluding hydrogens is 394 g/mol. The molecule has 1 aromatic heterocycles. The number of anilines is 2. The van der Waals surface area contributed by atoms with Gasteiger partial charge in [0.05, 0.1) is 17.4 Å². The van der Waals surface area contributed by atoms with Gasteiger partial charge < -0.3 is 9.80 Å². The Morgan fingerprint density at radius 2 is 1.76 bits per heavy atom. The van der Waals surface area contributed by atoms with Crippen molar-refractivity contribution in [2.45, 2.75) is 6.92 Å².